The number of rotatable bonds is 2. The molecule has 0 aliphatic heterocycles. The fourth-order valence-corrected chi connectivity index (χ4v) is 3.70. The van der Waals surface area contributed by atoms with Gasteiger partial charge in [0, 0.05) is 21.6 Å². The first-order valence-electron chi connectivity index (χ1n) is 6.96. The molecular formula is C18H10N2O2S. The van der Waals surface area contributed by atoms with Gasteiger partial charge in [-0.3, -0.25) is 4.79 Å². The SMILES string of the molecule is COc1nc2c(c(-c3cccs3)c1C#N)C(=O)c1ccccc1-2. The van der Waals surface area contributed by atoms with Gasteiger partial charge in [0.2, 0.25) is 5.88 Å². The lowest BCUT2D eigenvalue weighted by molar-refractivity contribution is 0.104. The maximum absolute atomic E-state index is 12.9. The molecule has 23 heavy (non-hydrogen) atoms. The van der Waals surface area contributed by atoms with Crippen LogP contribution in [0.3, 0.4) is 0 Å². The van der Waals surface area contributed by atoms with Crippen molar-refractivity contribution in [3.05, 3.63) is 58.5 Å². The zero-order valence-electron chi connectivity index (χ0n) is 12.2. The number of aromatic nitrogens is 1. The number of nitrogens with zero attached hydrogens (tertiary/aromatic N) is 2. The fraction of sp³-hybridized carbons (Fsp3) is 0.0556. The molecule has 0 unspecified atom stereocenters. The third-order valence-electron chi connectivity index (χ3n) is 3.89. The molecule has 0 atom stereocenters. The van der Waals surface area contributed by atoms with Gasteiger partial charge in [0.15, 0.2) is 5.78 Å². The lowest BCUT2D eigenvalue weighted by atomic mass is 9.99. The normalized spacial score (nSPS) is 11.7. The molecule has 110 valence electrons. The van der Waals surface area contributed by atoms with E-state index in [-0.39, 0.29) is 11.7 Å². The van der Waals surface area contributed by atoms with E-state index in [4.69, 9.17) is 4.74 Å². The Morgan fingerprint density at radius 1 is 1.13 bits per heavy atom. The number of pyridine rings is 1. The molecule has 0 amide bonds. The van der Waals surface area contributed by atoms with Crippen LogP contribution in [0.5, 0.6) is 5.88 Å². The summed E-state index contributed by atoms with van der Waals surface area (Å²) in [5, 5.41) is 11.5. The van der Waals surface area contributed by atoms with Gasteiger partial charge in [0.25, 0.3) is 0 Å². The molecular weight excluding hydrogens is 308 g/mol. The zero-order valence-corrected chi connectivity index (χ0v) is 13.0. The van der Waals surface area contributed by atoms with E-state index in [1.54, 1.807) is 6.07 Å². The number of hydrogen-bond acceptors (Lipinski definition) is 5. The Balaban J connectivity index is 2.16. The minimum absolute atomic E-state index is 0.0920. The van der Waals surface area contributed by atoms with E-state index < -0.39 is 0 Å². The van der Waals surface area contributed by atoms with Gasteiger partial charge in [0.05, 0.1) is 18.4 Å². The van der Waals surface area contributed by atoms with E-state index >= 15 is 0 Å². The number of carbonyl (C=O) groups excluding carboxylic acids is 1. The number of thiophene rings is 1. The highest BCUT2D eigenvalue weighted by Gasteiger charge is 2.34. The van der Waals surface area contributed by atoms with Crippen molar-refractivity contribution < 1.29 is 9.53 Å². The molecule has 1 aromatic carbocycles. The minimum atomic E-state index is -0.0920. The summed E-state index contributed by atoms with van der Waals surface area (Å²) in [5.74, 6) is 0.157. The highest BCUT2D eigenvalue weighted by atomic mass is 32.1. The largest absolute Gasteiger partial charge is 0.480 e. The van der Waals surface area contributed by atoms with Crippen LogP contribution in [0.2, 0.25) is 0 Å². The highest BCUT2D eigenvalue weighted by molar-refractivity contribution is 7.13. The van der Waals surface area contributed by atoms with Crippen LogP contribution in [0.4, 0.5) is 0 Å². The monoisotopic (exact) mass is 318 g/mol. The number of ketones is 1. The van der Waals surface area contributed by atoms with Crippen molar-refractivity contribution in [2.45, 2.75) is 0 Å². The second kappa shape index (κ2) is 5.04. The molecule has 0 N–H and O–H groups in total. The van der Waals surface area contributed by atoms with Gasteiger partial charge in [-0.15, -0.1) is 11.3 Å². The van der Waals surface area contributed by atoms with Crippen LogP contribution in [0, 0.1) is 11.3 Å². The van der Waals surface area contributed by atoms with E-state index in [1.165, 1.54) is 18.4 Å². The molecule has 4 rings (SSSR count). The molecule has 1 aliphatic rings. The Morgan fingerprint density at radius 2 is 1.91 bits per heavy atom. The zero-order chi connectivity index (χ0) is 16.0. The predicted octanol–water partition coefficient (Wildman–Crippen LogP) is 3.90. The second-order valence-electron chi connectivity index (χ2n) is 5.06. The fourth-order valence-electron chi connectivity index (χ4n) is 2.92. The number of nitriles is 1. The van der Waals surface area contributed by atoms with Crippen LogP contribution in [0.1, 0.15) is 21.5 Å². The standard InChI is InChI=1S/C18H10N2O2S/c1-22-18-12(9-19)14(13-7-4-8-23-13)15-16(20-18)10-5-2-3-6-11(10)17(15)21/h2-8H,1H3. The van der Waals surface area contributed by atoms with Crippen LogP contribution in [0.25, 0.3) is 21.7 Å². The van der Waals surface area contributed by atoms with Gasteiger partial charge in [-0.1, -0.05) is 30.3 Å². The van der Waals surface area contributed by atoms with E-state index in [0.29, 0.717) is 27.9 Å². The highest BCUT2D eigenvalue weighted by Crippen LogP contribution is 2.45. The molecule has 5 heteroatoms. The quantitative estimate of drug-likeness (QED) is 0.562. The van der Waals surface area contributed by atoms with Gasteiger partial charge in [-0.05, 0) is 11.4 Å². The summed E-state index contributed by atoms with van der Waals surface area (Å²) in [6.45, 7) is 0. The first kappa shape index (κ1) is 13.7. The summed E-state index contributed by atoms with van der Waals surface area (Å²) in [5.41, 5.74) is 3.40. The average molecular weight is 318 g/mol. The molecule has 4 nitrogen and oxygen atoms in total. The molecule has 0 radical (unpaired) electrons. The van der Waals surface area contributed by atoms with Crippen molar-refractivity contribution in [1.82, 2.24) is 4.98 Å². The molecule has 0 bridgehead atoms. The Bertz CT molecular complexity index is 985. The van der Waals surface area contributed by atoms with Gasteiger partial charge in [-0.2, -0.15) is 5.26 Å². The maximum Gasteiger partial charge on any atom is 0.232 e. The van der Waals surface area contributed by atoms with Crippen LogP contribution in [-0.2, 0) is 0 Å². The number of benzene rings is 1. The summed E-state index contributed by atoms with van der Waals surface area (Å²) in [4.78, 5) is 18.2. The van der Waals surface area contributed by atoms with Crippen LogP contribution < -0.4 is 4.74 Å². The Morgan fingerprint density at radius 3 is 2.57 bits per heavy atom. The summed E-state index contributed by atoms with van der Waals surface area (Å²) in [6, 6.07) is 13.3. The first-order valence-corrected chi connectivity index (χ1v) is 7.84. The third kappa shape index (κ3) is 1.82. The Labute approximate surface area is 136 Å². The first-order chi connectivity index (χ1) is 11.3. The van der Waals surface area contributed by atoms with Crippen molar-refractivity contribution in [2.75, 3.05) is 7.11 Å². The van der Waals surface area contributed by atoms with Crippen LogP contribution >= 0.6 is 11.3 Å². The summed E-state index contributed by atoms with van der Waals surface area (Å²) in [7, 11) is 1.48. The Hall–Kier alpha value is -2.97. The second-order valence-corrected chi connectivity index (χ2v) is 6.01. The molecule has 0 spiro atoms. The number of methoxy groups -OCH3 is 1. The van der Waals surface area contributed by atoms with Gasteiger partial charge < -0.3 is 4.74 Å². The van der Waals surface area contributed by atoms with Crippen molar-refractivity contribution in [3.63, 3.8) is 0 Å². The third-order valence-corrected chi connectivity index (χ3v) is 4.78. The molecule has 0 fully saturated rings. The molecule has 2 aromatic heterocycles. The summed E-state index contributed by atoms with van der Waals surface area (Å²) >= 11 is 1.48. The van der Waals surface area contributed by atoms with Crippen LogP contribution in [-0.4, -0.2) is 17.9 Å². The molecule has 3 aromatic rings. The molecule has 2 heterocycles. The predicted molar refractivity (Wildman–Crippen MR) is 87.7 cm³/mol. The lowest BCUT2D eigenvalue weighted by Gasteiger charge is -2.11. The van der Waals surface area contributed by atoms with E-state index in [1.807, 2.05) is 35.7 Å². The number of carbonyl (C=O) groups is 1. The Kier molecular flexibility index (Phi) is 3.00. The van der Waals surface area contributed by atoms with Gasteiger partial charge >= 0.3 is 0 Å². The lowest BCUT2D eigenvalue weighted by Crippen LogP contribution is -2.03. The van der Waals surface area contributed by atoms with Crippen molar-refractivity contribution >= 4 is 17.1 Å². The van der Waals surface area contributed by atoms with E-state index in [0.717, 1.165) is 10.4 Å². The van der Waals surface area contributed by atoms with E-state index in [9.17, 15) is 10.1 Å². The molecule has 1 aliphatic carbocycles. The van der Waals surface area contributed by atoms with Crippen molar-refractivity contribution in [1.29, 1.82) is 5.26 Å². The smallest absolute Gasteiger partial charge is 0.232 e. The average Bonchev–Trinajstić information content (AvgIpc) is 3.21. The van der Waals surface area contributed by atoms with Crippen LogP contribution in [0.15, 0.2) is 41.8 Å². The van der Waals surface area contributed by atoms with Gasteiger partial charge in [0.1, 0.15) is 11.6 Å². The molecule has 0 saturated heterocycles. The topological polar surface area (TPSA) is 63.0 Å². The van der Waals surface area contributed by atoms with Crippen molar-refractivity contribution in [2.24, 2.45) is 0 Å². The number of ether oxygens (including phenoxy) is 1. The summed E-state index contributed by atoms with van der Waals surface area (Å²) in [6.07, 6.45) is 0. The number of fused-ring (bicyclic) bond motifs is 3. The summed E-state index contributed by atoms with van der Waals surface area (Å²) < 4.78 is 5.31. The van der Waals surface area contributed by atoms with Crippen molar-refractivity contribution in [3.8, 4) is 33.6 Å². The maximum atomic E-state index is 12.9. The van der Waals surface area contributed by atoms with Gasteiger partial charge in [-0.25, -0.2) is 4.98 Å². The minimum Gasteiger partial charge on any atom is -0.480 e. The number of hydrogen-bond donors (Lipinski definition) is 0. The van der Waals surface area contributed by atoms with E-state index in [2.05, 4.69) is 11.1 Å². The molecule has 0 saturated carbocycles.